The maximum atomic E-state index is 15.3. The largest absolute Gasteiger partial charge is 0.481 e. The zero-order chi connectivity index (χ0) is 31.8. The molecule has 5 rings (SSSR count). The normalized spacial score (nSPS) is 14.4. The number of pyridine rings is 2. The van der Waals surface area contributed by atoms with Crippen molar-refractivity contribution in [3.8, 4) is 28.4 Å². The number of methoxy groups -OCH3 is 1. The zero-order valence-corrected chi connectivity index (χ0v) is 26.3. The third-order valence-electron chi connectivity index (χ3n) is 7.52. The summed E-state index contributed by atoms with van der Waals surface area (Å²) >= 11 is 13.8. The number of ether oxygens (including phenoxy) is 1. The van der Waals surface area contributed by atoms with Crippen LogP contribution in [0.5, 0.6) is 5.88 Å². The number of rotatable bonds is 14. The van der Waals surface area contributed by atoms with E-state index in [-0.39, 0.29) is 24.2 Å². The molecule has 9 nitrogen and oxygen atoms in total. The first kappa shape index (κ1) is 32.6. The molecule has 3 heterocycles. The molecule has 12 heteroatoms. The number of nitrogens with zero attached hydrogens (tertiary/aromatic N) is 2. The number of hydrogen-bond acceptors (Lipinski definition) is 8. The minimum atomic E-state index is -0.391. The number of nitrogens with one attached hydrogen (secondary N) is 4. The van der Waals surface area contributed by atoms with Crippen LogP contribution in [-0.4, -0.2) is 53.8 Å². The molecule has 2 aromatic heterocycles. The quantitative estimate of drug-likeness (QED) is 0.108. The van der Waals surface area contributed by atoms with Crippen molar-refractivity contribution in [1.29, 1.82) is 0 Å². The molecule has 1 fully saturated rings. The summed E-state index contributed by atoms with van der Waals surface area (Å²) in [4.78, 5) is 20.7. The van der Waals surface area contributed by atoms with Crippen LogP contribution in [0.15, 0.2) is 60.8 Å². The number of aliphatic hydroxyl groups is 1. The van der Waals surface area contributed by atoms with Gasteiger partial charge < -0.3 is 31.1 Å². The lowest BCUT2D eigenvalue weighted by Gasteiger charge is -2.16. The molecule has 0 radical (unpaired) electrons. The molecule has 1 unspecified atom stereocenters. The second-order valence-corrected chi connectivity index (χ2v) is 11.4. The van der Waals surface area contributed by atoms with E-state index in [9.17, 15) is 4.79 Å². The fourth-order valence-corrected chi connectivity index (χ4v) is 5.74. The number of carbonyl (C=O) groups is 1. The van der Waals surface area contributed by atoms with Gasteiger partial charge in [-0.05, 0) is 43.7 Å². The smallest absolute Gasteiger partial charge is 0.220 e. The van der Waals surface area contributed by atoms with Crippen molar-refractivity contribution >= 4 is 40.5 Å². The fraction of sp³-hybridized carbons (Fsp3) is 0.303. The topological polar surface area (TPSA) is 120 Å². The standard InChI is InChI=1S/C33H35Cl2FN6O3/c1-45-33-21(18-38-19-22-10-12-28(44)40-22)9-11-25(42-33)23-13-15-39-32(30(23)35)24-6-3-7-26(29(24)34)41-27-8-2-5-20(31(27)36)17-37-14-4-16-43/h2-3,5-9,11,13,15,22,37-38,41,43H,4,10,12,14,16-19H2,1H3,(H,40,44). The van der Waals surface area contributed by atoms with Crippen LogP contribution < -0.4 is 26.0 Å². The van der Waals surface area contributed by atoms with Crippen LogP contribution in [0.1, 0.15) is 30.4 Å². The molecule has 1 saturated heterocycles. The number of carbonyl (C=O) groups excluding carboxylic acids is 1. The number of halogens is 3. The Labute approximate surface area is 271 Å². The Hall–Kier alpha value is -3.80. The first-order valence-electron chi connectivity index (χ1n) is 14.7. The van der Waals surface area contributed by atoms with Crippen LogP contribution in [0.4, 0.5) is 15.8 Å². The number of anilines is 2. The summed E-state index contributed by atoms with van der Waals surface area (Å²) in [7, 11) is 1.57. The summed E-state index contributed by atoms with van der Waals surface area (Å²) in [6.45, 7) is 2.17. The molecule has 0 saturated carbocycles. The van der Waals surface area contributed by atoms with Crippen molar-refractivity contribution < 1.29 is 19.0 Å². The average molecular weight is 654 g/mol. The van der Waals surface area contributed by atoms with Crippen molar-refractivity contribution in [2.45, 2.75) is 38.4 Å². The molecule has 5 N–H and O–H groups in total. The number of aromatic nitrogens is 2. The minimum Gasteiger partial charge on any atom is -0.481 e. The lowest BCUT2D eigenvalue weighted by molar-refractivity contribution is -0.119. The van der Waals surface area contributed by atoms with Crippen molar-refractivity contribution in [3.63, 3.8) is 0 Å². The molecule has 1 aliphatic heterocycles. The third kappa shape index (κ3) is 7.89. The first-order chi connectivity index (χ1) is 21.9. The van der Waals surface area contributed by atoms with Gasteiger partial charge in [0.05, 0.1) is 39.9 Å². The van der Waals surface area contributed by atoms with Crippen molar-refractivity contribution in [1.82, 2.24) is 25.9 Å². The van der Waals surface area contributed by atoms with Crippen LogP contribution >= 0.6 is 23.2 Å². The molecule has 2 aromatic carbocycles. The fourth-order valence-electron chi connectivity index (χ4n) is 5.17. The Morgan fingerprint density at radius 2 is 1.80 bits per heavy atom. The van der Waals surface area contributed by atoms with Gasteiger partial charge in [-0.25, -0.2) is 9.37 Å². The van der Waals surface area contributed by atoms with Crippen LogP contribution in [0.3, 0.4) is 0 Å². The molecule has 0 aliphatic carbocycles. The van der Waals surface area contributed by atoms with Crippen molar-refractivity contribution in [3.05, 3.63) is 87.8 Å². The number of hydrogen-bond donors (Lipinski definition) is 5. The molecule has 1 amide bonds. The van der Waals surface area contributed by atoms with Gasteiger partial charge in [-0.15, -0.1) is 0 Å². The molecule has 1 aliphatic rings. The maximum Gasteiger partial charge on any atom is 0.220 e. The predicted molar refractivity (Wildman–Crippen MR) is 175 cm³/mol. The Kier molecular flexibility index (Phi) is 11.2. The van der Waals surface area contributed by atoms with Gasteiger partial charge in [0.1, 0.15) is 0 Å². The van der Waals surface area contributed by atoms with E-state index < -0.39 is 5.82 Å². The lowest BCUT2D eigenvalue weighted by atomic mass is 10.0. The second-order valence-electron chi connectivity index (χ2n) is 10.6. The Morgan fingerprint density at radius 1 is 1.00 bits per heavy atom. The highest BCUT2D eigenvalue weighted by molar-refractivity contribution is 6.39. The third-order valence-corrected chi connectivity index (χ3v) is 8.31. The van der Waals surface area contributed by atoms with Gasteiger partial charge in [-0.1, -0.05) is 53.5 Å². The van der Waals surface area contributed by atoms with E-state index in [4.69, 9.17) is 38.0 Å². The predicted octanol–water partition coefficient (Wildman–Crippen LogP) is 5.85. The monoisotopic (exact) mass is 652 g/mol. The Morgan fingerprint density at radius 3 is 2.58 bits per heavy atom. The van der Waals surface area contributed by atoms with E-state index in [0.29, 0.717) is 88.7 Å². The van der Waals surface area contributed by atoms with Gasteiger partial charge in [0.15, 0.2) is 5.82 Å². The van der Waals surface area contributed by atoms with E-state index >= 15 is 4.39 Å². The molecule has 0 bridgehead atoms. The molecule has 45 heavy (non-hydrogen) atoms. The molecule has 236 valence electrons. The molecular weight excluding hydrogens is 618 g/mol. The summed E-state index contributed by atoms with van der Waals surface area (Å²) in [5.74, 6) is 0.154. The van der Waals surface area contributed by atoms with E-state index in [1.54, 1.807) is 55.8 Å². The Balaban J connectivity index is 1.35. The summed E-state index contributed by atoms with van der Waals surface area (Å²) in [5, 5.41) is 22.2. The molecule has 4 aromatic rings. The van der Waals surface area contributed by atoms with Gasteiger partial charge in [0.25, 0.3) is 0 Å². The second kappa shape index (κ2) is 15.5. The maximum absolute atomic E-state index is 15.3. The minimum absolute atomic E-state index is 0.0759. The van der Waals surface area contributed by atoms with Crippen molar-refractivity contribution in [2.24, 2.45) is 0 Å². The zero-order valence-electron chi connectivity index (χ0n) is 24.8. The number of amides is 1. The Bertz CT molecular complexity index is 1660. The van der Waals surface area contributed by atoms with Gasteiger partial charge in [0, 0.05) is 67.2 Å². The van der Waals surface area contributed by atoms with Gasteiger partial charge in [0.2, 0.25) is 11.8 Å². The van der Waals surface area contributed by atoms with Gasteiger partial charge in [-0.3, -0.25) is 9.78 Å². The summed E-state index contributed by atoms with van der Waals surface area (Å²) in [6.07, 6.45) is 3.61. The van der Waals surface area contributed by atoms with Crippen LogP contribution in [0.25, 0.3) is 22.5 Å². The van der Waals surface area contributed by atoms with E-state index in [1.807, 2.05) is 12.1 Å². The van der Waals surface area contributed by atoms with Crippen molar-refractivity contribution in [2.75, 3.05) is 32.1 Å². The number of aliphatic hydroxyl groups excluding tert-OH is 1. The SMILES string of the molecule is COc1nc(-c2ccnc(-c3cccc(Nc4cccc(CNCCCO)c4F)c3Cl)c2Cl)ccc1CNCC1CCC(=O)N1. The molecule has 0 spiro atoms. The van der Waals surface area contributed by atoms with E-state index in [0.717, 1.165) is 12.0 Å². The highest BCUT2D eigenvalue weighted by atomic mass is 35.5. The summed E-state index contributed by atoms with van der Waals surface area (Å²) in [5.41, 5.74) is 4.42. The summed E-state index contributed by atoms with van der Waals surface area (Å²) < 4.78 is 20.9. The highest BCUT2D eigenvalue weighted by Gasteiger charge is 2.21. The average Bonchev–Trinajstić information content (AvgIpc) is 3.47. The first-order valence-corrected chi connectivity index (χ1v) is 15.5. The van der Waals surface area contributed by atoms with Gasteiger partial charge >= 0.3 is 0 Å². The van der Waals surface area contributed by atoms with Crippen LogP contribution in [0.2, 0.25) is 10.0 Å². The van der Waals surface area contributed by atoms with Gasteiger partial charge in [-0.2, -0.15) is 0 Å². The van der Waals surface area contributed by atoms with E-state index in [1.165, 1.54) is 0 Å². The highest BCUT2D eigenvalue weighted by Crippen LogP contribution is 2.41. The van der Waals surface area contributed by atoms with Crippen LogP contribution in [-0.2, 0) is 17.9 Å². The lowest BCUT2D eigenvalue weighted by Crippen LogP contribution is -2.35. The van der Waals surface area contributed by atoms with Crippen LogP contribution in [0, 0.1) is 5.82 Å². The van der Waals surface area contributed by atoms with E-state index in [2.05, 4.69) is 26.3 Å². The molecular formula is C33H35Cl2FN6O3. The number of benzene rings is 2. The summed E-state index contributed by atoms with van der Waals surface area (Å²) in [6, 6.07) is 16.2. The molecule has 1 atom stereocenters.